The van der Waals surface area contributed by atoms with E-state index in [0.717, 1.165) is 18.8 Å². The van der Waals surface area contributed by atoms with Gasteiger partial charge in [-0.05, 0) is 49.9 Å². The molecule has 39 heavy (non-hydrogen) atoms. The number of ether oxygens (including phenoxy) is 3. The maximum Gasteiger partial charge on any atom is 0.514 e. The van der Waals surface area contributed by atoms with Gasteiger partial charge in [-0.1, -0.05) is 12.1 Å². The average Bonchev–Trinajstić information content (AvgIpc) is 2.96. The van der Waals surface area contributed by atoms with Crippen molar-refractivity contribution in [1.29, 1.82) is 0 Å². The summed E-state index contributed by atoms with van der Waals surface area (Å²) in [6.45, 7) is 2.89. The first-order valence-corrected chi connectivity index (χ1v) is 12.8. The third-order valence-corrected chi connectivity index (χ3v) is 6.76. The molecular formula is C27H28FN5O6. The average molecular weight is 538 g/mol. The Labute approximate surface area is 224 Å². The van der Waals surface area contributed by atoms with Crippen LogP contribution in [0.2, 0.25) is 0 Å². The lowest BCUT2D eigenvalue weighted by atomic mass is 9.93. The van der Waals surface area contributed by atoms with E-state index in [1.165, 1.54) is 30.5 Å². The van der Waals surface area contributed by atoms with Crippen LogP contribution in [0.4, 0.5) is 26.5 Å². The molecule has 1 saturated heterocycles. The normalized spacial score (nSPS) is 19.3. The van der Waals surface area contributed by atoms with Crippen molar-refractivity contribution in [3.63, 3.8) is 0 Å². The number of aromatic nitrogens is 2. The molecule has 1 N–H and O–H groups in total. The number of carbonyl (C=O) groups is 1. The van der Waals surface area contributed by atoms with E-state index in [-0.39, 0.29) is 29.3 Å². The van der Waals surface area contributed by atoms with Crippen molar-refractivity contribution in [2.45, 2.75) is 37.8 Å². The van der Waals surface area contributed by atoms with Gasteiger partial charge in [-0.3, -0.25) is 10.1 Å². The summed E-state index contributed by atoms with van der Waals surface area (Å²) in [5, 5.41) is 14.0. The number of morpholine rings is 1. The van der Waals surface area contributed by atoms with Crippen molar-refractivity contribution in [2.24, 2.45) is 0 Å². The highest BCUT2D eigenvalue weighted by molar-refractivity contribution is 5.67. The van der Waals surface area contributed by atoms with Gasteiger partial charge in [0.05, 0.1) is 24.3 Å². The van der Waals surface area contributed by atoms with Crippen molar-refractivity contribution in [2.75, 3.05) is 36.5 Å². The van der Waals surface area contributed by atoms with Crippen molar-refractivity contribution in [3.8, 4) is 17.0 Å². The molecule has 204 valence electrons. The summed E-state index contributed by atoms with van der Waals surface area (Å²) < 4.78 is 30.7. The summed E-state index contributed by atoms with van der Waals surface area (Å²) in [6, 6.07) is 12.9. The molecule has 1 saturated carbocycles. The number of carbonyl (C=O) groups excluding carboxylic acids is 1. The van der Waals surface area contributed by atoms with E-state index in [9.17, 15) is 19.3 Å². The molecule has 2 heterocycles. The summed E-state index contributed by atoms with van der Waals surface area (Å²) in [5.41, 5.74) is 1.80. The van der Waals surface area contributed by atoms with Crippen molar-refractivity contribution in [3.05, 3.63) is 70.7 Å². The fourth-order valence-electron chi connectivity index (χ4n) is 4.71. The second kappa shape index (κ2) is 12.0. The lowest BCUT2D eigenvalue weighted by molar-refractivity contribution is -0.384. The van der Waals surface area contributed by atoms with Crippen LogP contribution in [0.1, 0.15) is 25.7 Å². The number of nitro groups is 1. The lowest BCUT2D eigenvalue weighted by Crippen LogP contribution is -2.36. The number of benzene rings is 2. The molecule has 0 radical (unpaired) electrons. The minimum atomic E-state index is -0.855. The highest BCUT2D eigenvalue weighted by Gasteiger charge is 2.26. The lowest BCUT2D eigenvalue weighted by Gasteiger charge is -2.29. The van der Waals surface area contributed by atoms with Crippen molar-refractivity contribution in [1.82, 2.24) is 9.97 Å². The Morgan fingerprint density at radius 3 is 2.56 bits per heavy atom. The first-order valence-electron chi connectivity index (χ1n) is 12.8. The van der Waals surface area contributed by atoms with Gasteiger partial charge in [-0.15, -0.1) is 0 Å². The van der Waals surface area contributed by atoms with Crippen molar-refractivity contribution >= 4 is 23.5 Å². The third-order valence-electron chi connectivity index (χ3n) is 6.76. The maximum atomic E-state index is 14.7. The predicted octanol–water partition coefficient (Wildman–Crippen LogP) is 4.97. The number of halogens is 1. The van der Waals surface area contributed by atoms with Gasteiger partial charge in [0, 0.05) is 42.5 Å². The van der Waals surface area contributed by atoms with Crippen LogP contribution in [0.3, 0.4) is 0 Å². The molecule has 5 rings (SSSR count). The Hall–Kier alpha value is -4.32. The molecule has 0 unspecified atom stereocenters. The Morgan fingerprint density at radius 2 is 1.85 bits per heavy atom. The Morgan fingerprint density at radius 1 is 1.10 bits per heavy atom. The summed E-state index contributed by atoms with van der Waals surface area (Å²) in [5.74, 6) is 0.00846. The van der Waals surface area contributed by atoms with Crippen molar-refractivity contribution < 1.29 is 28.3 Å². The molecule has 2 aliphatic rings. The molecule has 12 heteroatoms. The smallest absolute Gasteiger partial charge is 0.431 e. The second-order valence-electron chi connectivity index (χ2n) is 9.38. The zero-order valence-corrected chi connectivity index (χ0v) is 21.1. The third kappa shape index (κ3) is 6.77. The van der Waals surface area contributed by atoms with E-state index in [0.29, 0.717) is 50.4 Å². The van der Waals surface area contributed by atoms with Crippen LogP contribution in [0, 0.1) is 15.9 Å². The van der Waals surface area contributed by atoms with E-state index in [1.807, 2.05) is 24.3 Å². The summed E-state index contributed by atoms with van der Waals surface area (Å²) in [7, 11) is 0. The van der Waals surface area contributed by atoms with Crippen LogP contribution < -0.4 is 15.0 Å². The van der Waals surface area contributed by atoms with Crippen LogP contribution >= 0.6 is 0 Å². The molecule has 1 aliphatic heterocycles. The summed E-state index contributed by atoms with van der Waals surface area (Å²) in [4.78, 5) is 33.2. The second-order valence-corrected chi connectivity index (χ2v) is 9.38. The largest absolute Gasteiger partial charge is 0.514 e. The number of nitrogens with one attached hydrogen (secondary N) is 1. The van der Waals surface area contributed by atoms with Gasteiger partial charge in [0.2, 0.25) is 5.95 Å². The Balaban J connectivity index is 1.14. The quantitative estimate of drug-likeness (QED) is 0.191. The molecule has 2 aromatic carbocycles. The fourth-order valence-corrected chi connectivity index (χ4v) is 4.71. The molecule has 0 bridgehead atoms. The van der Waals surface area contributed by atoms with Crippen LogP contribution in [0.25, 0.3) is 11.3 Å². The maximum absolute atomic E-state index is 14.7. The number of nitrogens with zero attached hydrogens (tertiary/aromatic N) is 4. The van der Waals surface area contributed by atoms with Crippen LogP contribution in [-0.2, 0) is 9.47 Å². The molecule has 2 fully saturated rings. The number of hydrogen-bond donors (Lipinski definition) is 1. The van der Waals surface area contributed by atoms with E-state index in [2.05, 4.69) is 20.2 Å². The zero-order chi connectivity index (χ0) is 27.2. The SMILES string of the molecule is O=C(Oc1ccc([N+](=O)[O-])cc1)OC1CCC(Nc2ncc(F)c(-c3cccc(N4CCOCC4)c3)n2)CC1. The standard InChI is InChI=1S/C27H28FN5O6/c28-24-17-29-26(31-25(24)18-2-1-3-21(16-18)32-12-14-37-15-13-32)30-19-4-8-22(9-5-19)38-27(34)39-23-10-6-20(7-11-23)33(35)36/h1-3,6-7,10-11,16-17,19,22H,4-5,8-9,12-15H2,(H,29,30,31). The number of nitro benzene ring substituents is 1. The van der Waals surface area contributed by atoms with Gasteiger partial charge in [0.25, 0.3) is 5.69 Å². The topological polar surface area (TPSA) is 129 Å². The van der Waals surface area contributed by atoms with Gasteiger partial charge in [0.15, 0.2) is 5.82 Å². The minimum Gasteiger partial charge on any atom is -0.431 e. The van der Waals surface area contributed by atoms with Gasteiger partial charge >= 0.3 is 6.16 Å². The number of hydrogen-bond acceptors (Lipinski definition) is 10. The minimum absolute atomic E-state index is 0.0357. The number of rotatable bonds is 7. The van der Waals surface area contributed by atoms with Crippen LogP contribution in [-0.4, -0.2) is 59.5 Å². The Kier molecular flexibility index (Phi) is 8.11. The molecule has 0 spiro atoms. The molecule has 0 atom stereocenters. The van der Waals surface area contributed by atoms with Crippen LogP contribution in [0.15, 0.2) is 54.7 Å². The monoisotopic (exact) mass is 537 g/mol. The molecule has 11 nitrogen and oxygen atoms in total. The van der Waals surface area contributed by atoms with Gasteiger partial charge in [0.1, 0.15) is 17.5 Å². The van der Waals surface area contributed by atoms with Gasteiger partial charge in [-0.2, -0.15) is 0 Å². The first kappa shape index (κ1) is 26.3. The Bertz CT molecular complexity index is 1310. The number of non-ortho nitro benzene ring substituents is 1. The van der Waals surface area contributed by atoms with Gasteiger partial charge in [-0.25, -0.2) is 19.2 Å². The molecule has 3 aromatic rings. The molecule has 1 aromatic heterocycles. The van der Waals surface area contributed by atoms with Gasteiger partial charge < -0.3 is 24.4 Å². The molecular weight excluding hydrogens is 509 g/mol. The van der Waals surface area contributed by atoms with E-state index in [1.54, 1.807) is 0 Å². The van der Waals surface area contributed by atoms with E-state index in [4.69, 9.17) is 14.2 Å². The predicted molar refractivity (Wildman–Crippen MR) is 140 cm³/mol. The zero-order valence-electron chi connectivity index (χ0n) is 21.1. The number of anilines is 2. The van der Waals surface area contributed by atoms with E-state index >= 15 is 0 Å². The fraction of sp³-hybridized carbons (Fsp3) is 0.370. The van der Waals surface area contributed by atoms with Crippen LogP contribution in [0.5, 0.6) is 5.75 Å². The van der Waals surface area contributed by atoms with E-state index < -0.39 is 16.9 Å². The molecule has 0 amide bonds. The highest BCUT2D eigenvalue weighted by atomic mass is 19.1. The first-order chi connectivity index (χ1) is 18.9. The highest BCUT2D eigenvalue weighted by Crippen LogP contribution is 2.28. The molecule has 1 aliphatic carbocycles. The summed E-state index contributed by atoms with van der Waals surface area (Å²) in [6.07, 6.45) is 2.59. The summed E-state index contributed by atoms with van der Waals surface area (Å²) >= 11 is 0.